The van der Waals surface area contributed by atoms with Gasteiger partial charge in [-0.1, -0.05) is 48.5 Å². The largest absolute Gasteiger partial charge is 0.445 e. The Kier molecular flexibility index (Phi) is 6.82. The lowest BCUT2D eigenvalue weighted by Crippen LogP contribution is -2.36. The summed E-state index contributed by atoms with van der Waals surface area (Å²) in [5.41, 5.74) is 1.50. The van der Waals surface area contributed by atoms with E-state index in [0.29, 0.717) is 5.56 Å². The van der Waals surface area contributed by atoms with Crippen LogP contribution in [0.2, 0.25) is 0 Å². The first-order chi connectivity index (χ1) is 11.1. The molecule has 3 N–H and O–H groups in total. The first kappa shape index (κ1) is 17.7. The fourth-order valence-electron chi connectivity index (χ4n) is 2.00. The van der Waals surface area contributed by atoms with Crippen LogP contribution in [0.25, 0.3) is 0 Å². The molecule has 0 radical (unpaired) electrons. The second-order valence-corrected chi connectivity index (χ2v) is 6.14. The average Bonchev–Trinajstić information content (AvgIpc) is 2.58. The van der Waals surface area contributed by atoms with Crippen LogP contribution < -0.4 is 5.32 Å². The summed E-state index contributed by atoms with van der Waals surface area (Å²) < 4.78 is 5.89. The monoisotopic (exact) mass is 427 g/mol. The Morgan fingerprint density at radius 1 is 1.09 bits per heavy atom. The number of nitrogens with one attached hydrogen (secondary N) is 1. The topological polar surface area (TPSA) is 78.8 Å². The molecule has 0 aromatic heterocycles. The maximum Gasteiger partial charge on any atom is 0.407 e. The summed E-state index contributed by atoms with van der Waals surface area (Å²) in [6, 6.07) is 16.5. The number of ether oxygens (including phenoxy) is 1. The van der Waals surface area contributed by atoms with E-state index >= 15 is 0 Å². The van der Waals surface area contributed by atoms with Gasteiger partial charge in [-0.25, -0.2) is 4.79 Å². The number of aliphatic hydroxyl groups excluding tert-OH is 2. The van der Waals surface area contributed by atoms with E-state index in [-0.39, 0.29) is 13.2 Å². The summed E-state index contributed by atoms with van der Waals surface area (Å²) in [5, 5.41) is 22.6. The number of halogens is 1. The van der Waals surface area contributed by atoms with Crippen molar-refractivity contribution in [2.45, 2.75) is 18.8 Å². The molecule has 1 amide bonds. The molecule has 0 aliphatic carbocycles. The second kappa shape index (κ2) is 8.85. The van der Waals surface area contributed by atoms with Crippen LogP contribution in [0.5, 0.6) is 0 Å². The van der Waals surface area contributed by atoms with E-state index in [4.69, 9.17) is 4.74 Å². The number of hydrogen-bond acceptors (Lipinski definition) is 4. The summed E-state index contributed by atoms with van der Waals surface area (Å²) in [4.78, 5) is 11.6. The Morgan fingerprint density at radius 2 is 1.74 bits per heavy atom. The summed E-state index contributed by atoms with van der Waals surface area (Å²) in [6.45, 7) is 0.0572. The molecule has 2 unspecified atom stereocenters. The summed E-state index contributed by atoms with van der Waals surface area (Å²) in [5.74, 6) is 0. The molecule has 23 heavy (non-hydrogen) atoms. The van der Waals surface area contributed by atoms with Crippen LogP contribution in [-0.4, -0.2) is 29.0 Å². The fraction of sp³-hybridized carbons (Fsp3) is 0.235. The minimum Gasteiger partial charge on any atom is -0.445 e. The second-order valence-electron chi connectivity index (χ2n) is 4.98. The molecule has 6 heteroatoms. The number of alkyl carbamates (subject to hydrolysis) is 1. The highest BCUT2D eigenvalue weighted by atomic mass is 127. The molecule has 122 valence electrons. The fourth-order valence-corrected chi connectivity index (χ4v) is 2.70. The predicted octanol–water partition coefficient (Wildman–Crippen LogP) is 2.61. The Balaban J connectivity index is 1.78. The first-order valence-electron chi connectivity index (χ1n) is 7.13. The Labute approximate surface area is 148 Å². The van der Waals surface area contributed by atoms with Crippen molar-refractivity contribution in [3.63, 3.8) is 0 Å². The van der Waals surface area contributed by atoms with Crippen molar-refractivity contribution in [2.75, 3.05) is 6.54 Å². The highest BCUT2D eigenvalue weighted by Crippen LogP contribution is 2.22. The third-order valence-electron chi connectivity index (χ3n) is 3.26. The minimum absolute atomic E-state index is 0.0975. The number of rotatable bonds is 6. The smallest absolute Gasteiger partial charge is 0.407 e. The minimum atomic E-state index is -1.12. The van der Waals surface area contributed by atoms with Crippen LogP contribution in [0.3, 0.4) is 0 Å². The molecule has 0 heterocycles. The quantitative estimate of drug-likeness (QED) is 0.620. The number of carbonyl (C=O) groups is 1. The highest BCUT2D eigenvalue weighted by Gasteiger charge is 2.21. The third-order valence-corrected chi connectivity index (χ3v) is 4.24. The molecular formula is C17H18INO4. The van der Waals surface area contributed by atoms with Crippen LogP contribution in [-0.2, 0) is 11.3 Å². The molecule has 0 spiro atoms. The zero-order valence-electron chi connectivity index (χ0n) is 12.4. The molecule has 0 bridgehead atoms. The number of aliphatic hydroxyl groups is 2. The van der Waals surface area contributed by atoms with E-state index in [2.05, 4.69) is 27.9 Å². The lowest BCUT2D eigenvalue weighted by molar-refractivity contribution is 0.0179. The molecule has 0 saturated heterocycles. The van der Waals surface area contributed by atoms with Gasteiger partial charge in [-0.15, -0.1) is 0 Å². The van der Waals surface area contributed by atoms with Crippen molar-refractivity contribution in [3.8, 4) is 0 Å². The number of amides is 1. The molecule has 2 rings (SSSR count). The van der Waals surface area contributed by atoms with Gasteiger partial charge < -0.3 is 20.3 Å². The molecule has 2 aromatic rings. The molecule has 2 aromatic carbocycles. The van der Waals surface area contributed by atoms with E-state index < -0.39 is 18.3 Å². The third kappa shape index (κ3) is 5.49. The van der Waals surface area contributed by atoms with Crippen molar-refractivity contribution in [2.24, 2.45) is 0 Å². The van der Waals surface area contributed by atoms with Crippen LogP contribution in [0, 0.1) is 3.57 Å². The SMILES string of the molecule is O=C(NCC(O)C(O)c1ccccc1I)OCc1ccccc1. The molecule has 0 aliphatic rings. The van der Waals surface area contributed by atoms with Crippen LogP contribution in [0.1, 0.15) is 17.2 Å². The van der Waals surface area contributed by atoms with Gasteiger partial charge in [-0.2, -0.15) is 0 Å². The first-order valence-corrected chi connectivity index (χ1v) is 8.21. The van der Waals surface area contributed by atoms with Crippen LogP contribution in [0.4, 0.5) is 4.79 Å². The van der Waals surface area contributed by atoms with E-state index in [1.54, 1.807) is 12.1 Å². The molecule has 0 saturated carbocycles. The van der Waals surface area contributed by atoms with Gasteiger partial charge in [0.2, 0.25) is 0 Å². The zero-order chi connectivity index (χ0) is 16.7. The standard InChI is InChI=1S/C17H18INO4/c18-14-9-5-4-8-13(14)16(21)15(20)10-19-17(22)23-11-12-6-2-1-3-7-12/h1-9,15-16,20-21H,10-11H2,(H,19,22). The van der Waals surface area contributed by atoms with Gasteiger partial charge in [0.25, 0.3) is 0 Å². The van der Waals surface area contributed by atoms with Gasteiger partial charge in [0.15, 0.2) is 0 Å². The van der Waals surface area contributed by atoms with E-state index in [1.807, 2.05) is 42.5 Å². The lowest BCUT2D eigenvalue weighted by Gasteiger charge is -2.19. The molecule has 0 fully saturated rings. The highest BCUT2D eigenvalue weighted by molar-refractivity contribution is 14.1. The Hall–Kier alpha value is -1.64. The Bertz CT molecular complexity index is 636. The number of carbonyl (C=O) groups excluding carboxylic acids is 1. The van der Waals surface area contributed by atoms with Gasteiger partial charge in [0.05, 0.1) is 0 Å². The van der Waals surface area contributed by atoms with E-state index in [1.165, 1.54) is 0 Å². The van der Waals surface area contributed by atoms with Gasteiger partial charge in [-0.05, 0) is 39.8 Å². The summed E-state index contributed by atoms with van der Waals surface area (Å²) in [6.07, 6.45) is -2.82. The van der Waals surface area contributed by atoms with Crippen LogP contribution in [0.15, 0.2) is 54.6 Å². The van der Waals surface area contributed by atoms with Crippen molar-refractivity contribution in [3.05, 3.63) is 69.3 Å². The predicted molar refractivity (Wildman–Crippen MR) is 94.8 cm³/mol. The van der Waals surface area contributed by atoms with Crippen molar-refractivity contribution in [1.29, 1.82) is 0 Å². The molecule has 0 aliphatic heterocycles. The molecular weight excluding hydrogens is 409 g/mol. The van der Waals surface area contributed by atoms with Gasteiger partial charge in [0, 0.05) is 10.1 Å². The molecule has 5 nitrogen and oxygen atoms in total. The van der Waals surface area contributed by atoms with E-state index in [9.17, 15) is 15.0 Å². The Morgan fingerprint density at radius 3 is 2.43 bits per heavy atom. The van der Waals surface area contributed by atoms with Crippen molar-refractivity contribution >= 4 is 28.7 Å². The van der Waals surface area contributed by atoms with Crippen molar-refractivity contribution < 1.29 is 19.7 Å². The van der Waals surface area contributed by atoms with Gasteiger partial charge >= 0.3 is 6.09 Å². The normalized spacial score (nSPS) is 13.2. The average molecular weight is 427 g/mol. The summed E-state index contributed by atoms with van der Waals surface area (Å²) in [7, 11) is 0. The van der Waals surface area contributed by atoms with Crippen LogP contribution >= 0.6 is 22.6 Å². The van der Waals surface area contributed by atoms with Gasteiger partial charge in [-0.3, -0.25) is 0 Å². The molecule has 2 atom stereocenters. The number of benzene rings is 2. The maximum absolute atomic E-state index is 11.6. The van der Waals surface area contributed by atoms with E-state index in [0.717, 1.165) is 9.13 Å². The number of hydrogen-bond donors (Lipinski definition) is 3. The summed E-state index contributed by atoms with van der Waals surface area (Å²) >= 11 is 2.09. The maximum atomic E-state index is 11.6. The van der Waals surface area contributed by atoms with Crippen molar-refractivity contribution in [1.82, 2.24) is 5.32 Å². The lowest BCUT2D eigenvalue weighted by atomic mass is 10.0. The zero-order valence-corrected chi connectivity index (χ0v) is 14.5. The van der Waals surface area contributed by atoms with Gasteiger partial charge in [0.1, 0.15) is 18.8 Å².